The van der Waals surface area contributed by atoms with Gasteiger partial charge in [-0.25, -0.2) is 0 Å². The summed E-state index contributed by atoms with van der Waals surface area (Å²) in [5.74, 6) is 1.48. The Morgan fingerprint density at radius 1 is 1.44 bits per heavy atom. The number of halogens is 1. The van der Waals surface area contributed by atoms with Crippen LogP contribution in [0.4, 0.5) is 0 Å². The van der Waals surface area contributed by atoms with Gasteiger partial charge < -0.3 is 4.74 Å². The molecule has 0 aromatic rings. The first-order chi connectivity index (χ1) is 7.80. The Kier molecular flexibility index (Phi) is 7.42. The lowest BCUT2D eigenvalue weighted by atomic mass is 9.98. The van der Waals surface area contributed by atoms with Gasteiger partial charge in [-0.2, -0.15) is 0 Å². The highest BCUT2D eigenvalue weighted by Crippen LogP contribution is 2.16. The molecular formula is C13H26ClNO. The molecule has 1 aliphatic rings. The normalized spacial score (nSPS) is 24.6. The average molecular weight is 248 g/mol. The summed E-state index contributed by atoms with van der Waals surface area (Å²) in [6, 6.07) is 0. The zero-order chi connectivity index (χ0) is 11.8. The van der Waals surface area contributed by atoms with E-state index in [0.29, 0.717) is 5.88 Å². The molecule has 0 spiro atoms. The molecule has 1 rings (SSSR count). The molecule has 1 aliphatic heterocycles. The molecule has 2 nitrogen and oxygen atoms in total. The molecule has 1 saturated heterocycles. The number of nitrogens with zero attached hydrogens (tertiary/aromatic N) is 1. The van der Waals surface area contributed by atoms with Crippen molar-refractivity contribution in [2.45, 2.75) is 45.6 Å². The van der Waals surface area contributed by atoms with Gasteiger partial charge in [0.1, 0.15) is 0 Å². The Balaban J connectivity index is 2.27. The molecule has 2 unspecified atom stereocenters. The second kappa shape index (κ2) is 8.32. The van der Waals surface area contributed by atoms with Gasteiger partial charge in [-0.05, 0) is 12.3 Å². The van der Waals surface area contributed by atoms with Crippen molar-refractivity contribution in [3.63, 3.8) is 0 Å². The van der Waals surface area contributed by atoms with Crippen LogP contribution in [0.1, 0.15) is 39.5 Å². The van der Waals surface area contributed by atoms with E-state index in [2.05, 4.69) is 18.7 Å². The summed E-state index contributed by atoms with van der Waals surface area (Å²) in [5, 5.41) is 0. The molecule has 1 fully saturated rings. The highest BCUT2D eigenvalue weighted by molar-refractivity contribution is 6.18. The van der Waals surface area contributed by atoms with Crippen LogP contribution in [-0.2, 0) is 4.74 Å². The number of alkyl halides is 1. The van der Waals surface area contributed by atoms with Crippen LogP contribution in [0.2, 0.25) is 0 Å². The Morgan fingerprint density at radius 3 is 2.88 bits per heavy atom. The first-order valence-electron chi connectivity index (χ1n) is 6.70. The van der Waals surface area contributed by atoms with Gasteiger partial charge >= 0.3 is 0 Å². The lowest BCUT2D eigenvalue weighted by molar-refractivity contribution is -0.0219. The third-order valence-electron chi connectivity index (χ3n) is 3.45. The third-order valence-corrected chi connectivity index (χ3v) is 3.80. The number of morpholine rings is 1. The number of rotatable bonds is 7. The van der Waals surface area contributed by atoms with E-state index >= 15 is 0 Å². The Labute approximate surface area is 105 Å². The molecule has 0 aromatic carbocycles. The molecule has 0 radical (unpaired) electrons. The van der Waals surface area contributed by atoms with E-state index in [4.69, 9.17) is 16.3 Å². The lowest BCUT2D eigenvalue weighted by Crippen LogP contribution is -2.45. The van der Waals surface area contributed by atoms with Crippen LogP contribution in [0.25, 0.3) is 0 Å². The molecule has 0 bridgehead atoms. The van der Waals surface area contributed by atoms with Crippen LogP contribution in [0.3, 0.4) is 0 Å². The first-order valence-corrected chi connectivity index (χ1v) is 7.23. The molecular weight excluding hydrogens is 222 g/mol. The maximum atomic E-state index is 5.85. The minimum Gasteiger partial charge on any atom is -0.374 e. The van der Waals surface area contributed by atoms with Crippen LogP contribution < -0.4 is 0 Å². The fourth-order valence-corrected chi connectivity index (χ4v) is 2.51. The molecule has 0 aromatic heterocycles. The summed E-state index contributed by atoms with van der Waals surface area (Å²) >= 11 is 5.85. The second-order valence-electron chi connectivity index (χ2n) is 4.82. The molecule has 1 heterocycles. The number of hydrogen-bond donors (Lipinski definition) is 0. The van der Waals surface area contributed by atoms with Gasteiger partial charge in [-0.1, -0.05) is 33.1 Å². The molecule has 16 heavy (non-hydrogen) atoms. The van der Waals surface area contributed by atoms with Gasteiger partial charge in [0.05, 0.1) is 12.7 Å². The number of hydrogen-bond acceptors (Lipinski definition) is 2. The lowest BCUT2D eigenvalue weighted by Gasteiger charge is -2.34. The fourth-order valence-electron chi connectivity index (χ4n) is 2.32. The minimum atomic E-state index is 0.249. The standard InChI is InChI=1S/C13H26ClNO/c1-3-5-6-12(4-2)10-15-7-8-16-13(9-14)11-15/h12-13H,3-11H2,1-2H3. The van der Waals surface area contributed by atoms with Crippen molar-refractivity contribution in [2.75, 3.05) is 32.1 Å². The minimum absolute atomic E-state index is 0.249. The third kappa shape index (κ3) is 5.03. The van der Waals surface area contributed by atoms with Gasteiger partial charge in [-0.3, -0.25) is 4.90 Å². The molecule has 0 N–H and O–H groups in total. The molecule has 3 heteroatoms. The van der Waals surface area contributed by atoms with Crippen molar-refractivity contribution < 1.29 is 4.74 Å². The predicted molar refractivity (Wildman–Crippen MR) is 70.2 cm³/mol. The summed E-state index contributed by atoms with van der Waals surface area (Å²) in [6.07, 6.45) is 5.59. The maximum Gasteiger partial charge on any atom is 0.0837 e. The van der Waals surface area contributed by atoms with Crippen molar-refractivity contribution in [3.8, 4) is 0 Å². The summed E-state index contributed by atoms with van der Waals surface area (Å²) < 4.78 is 5.58. The predicted octanol–water partition coefficient (Wildman–Crippen LogP) is 3.14. The highest BCUT2D eigenvalue weighted by Gasteiger charge is 2.21. The van der Waals surface area contributed by atoms with Crippen LogP contribution in [0, 0.1) is 5.92 Å². The SMILES string of the molecule is CCCCC(CC)CN1CCOC(CCl)C1. The summed E-state index contributed by atoms with van der Waals surface area (Å²) in [6.45, 7) is 8.75. The zero-order valence-electron chi connectivity index (χ0n) is 10.8. The Morgan fingerprint density at radius 2 is 2.25 bits per heavy atom. The second-order valence-corrected chi connectivity index (χ2v) is 5.13. The first kappa shape index (κ1) is 14.3. The van der Waals surface area contributed by atoms with Gasteiger partial charge in [0, 0.05) is 25.5 Å². The van der Waals surface area contributed by atoms with E-state index in [1.54, 1.807) is 0 Å². The van der Waals surface area contributed by atoms with Crippen LogP contribution in [0.15, 0.2) is 0 Å². The quantitative estimate of drug-likeness (QED) is 0.641. The van der Waals surface area contributed by atoms with Crippen LogP contribution >= 0.6 is 11.6 Å². The van der Waals surface area contributed by atoms with Crippen molar-refractivity contribution in [2.24, 2.45) is 5.92 Å². The fraction of sp³-hybridized carbons (Fsp3) is 1.00. The van der Waals surface area contributed by atoms with Gasteiger partial charge in [-0.15, -0.1) is 11.6 Å². The topological polar surface area (TPSA) is 12.5 Å². The largest absolute Gasteiger partial charge is 0.374 e. The van der Waals surface area contributed by atoms with E-state index in [9.17, 15) is 0 Å². The van der Waals surface area contributed by atoms with Gasteiger partial charge in [0.15, 0.2) is 0 Å². The molecule has 2 atom stereocenters. The van der Waals surface area contributed by atoms with Crippen LogP contribution in [0.5, 0.6) is 0 Å². The van der Waals surface area contributed by atoms with Crippen LogP contribution in [-0.4, -0.2) is 43.1 Å². The van der Waals surface area contributed by atoms with Gasteiger partial charge in [0.2, 0.25) is 0 Å². The maximum absolute atomic E-state index is 5.85. The smallest absolute Gasteiger partial charge is 0.0837 e. The monoisotopic (exact) mass is 247 g/mol. The van der Waals surface area contributed by atoms with Gasteiger partial charge in [0.25, 0.3) is 0 Å². The highest BCUT2D eigenvalue weighted by atomic mass is 35.5. The van der Waals surface area contributed by atoms with E-state index in [0.717, 1.165) is 25.6 Å². The zero-order valence-corrected chi connectivity index (χ0v) is 11.5. The number of ether oxygens (including phenoxy) is 1. The molecule has 0 saturated carbocycles. The molecule has 96 valence electrons. The Bertz CT molecular complexity index is 177. The molecule has 0 amide bonds. The number of unbranched alkanes of at least 4 members (excludes halogenated alkanes) is 1. The van der Waals surface area contributed by atoms with E-state index in [-0.39, 0.29) is 6.10 Å². The van der Waals surface area contributed by atoms with E-state index < -0.39 is 0 Å². The summed E-state index contributed by atoms with van der Waals surface area (Å²) in [4.78, 5) is 2.53. The van der Waals surface area contributed by atoms with E-state index in [1.165, 1.54) is 32.2 Å². The van der Waals surface area contributed by atoms with Crippen molar-refractivity contribution in [1.82, 2.24) is 4.90 Å². The van der Waals surface area contributed by atoms with Crippen molar-refractivity contribution in [3.05, 3.63) is 0 Å². The Hall–Kier alpha value is 0.210. The van der Waals surface area contributed by atoms with Crippen molar-refractivity contribution in [1.29, 1.82) is 0 Å². The molecule has 0 aliphatic carbocycles. The summed E-state index contributed by atoms with van der Waals surface area (Å²) in [5.41, 5.74) is 0. The summed E-state index contributed by atoms with van der Waals surface area (Å²) in [7, 11) is 0. The average Bonchev–Trinajstić information content (AvgIpc) is 2.34. The van der Waals surface area contributed by atoms with E-state index in [1.807, 2.05) is 0 Å². The van der Waals surface area contributed by atoms with Crippen molar-refractivity contribution >= 4 is 11.6 Å².